The topological polar surface area (TPSA) is 88.3 Å². The van der Waals surface area contributed by atoms with E-state index in [0.29, 0.717) is 23.6 Å². The first kappa shape index (κ1) is 18.2. The average Bonchev–Trinajstić information content (AvgIpc) is 2.97. The summed E-state index contributed by atoms with van der Waals surface area (Å²) in [4.78, 5) is 30.2. The van der Waals surface area contributed by atoms with Crippen molar-refractivity contribution in [3.8, 4) is 11.1 Å². The highest BCUT2D eigenvalue weighted by Gasteiger charge is 2.29. The maximum atomic E-state index is 12.4. The van der Waals surface area contributed by atoms with Gasteiger partial charge in [0.25, 0.3) is 5.91 Å². The Morgan fingerprint density at radius 1 is 1.35 bits per heavy atom. The van der Waals surface area contributed by atoms with E-state index in [1.54, 1.807) is 29.3 Å². The van der Waals surface area contributed by atoms with Crippen LogP contribution in [-0.2, 0) is 4.79 Å². The van der Waals surface area contributed by atoms with E-state index in [2.05, 4.69) is 10.3 Å². The number of hydrogen-bond acceptors (Lipinski definition) is 4. The van der Waals surface area contributed by atoms with Crippen LogP contribution in [0.1, 0.15) is 30.1 Å². The zero-order valence-corrected chi connectivity index (χ0v) is 15.3. The molecule has 0 saturated carbocycles. The molecule has 1 fully saturated rings. The van der Waals surface area contributed by atoms with Crippen LogP contribution < -0.4 is 11.1 Å². The lowest BCUT2D eigenvalue weighted by atomic mass is 10.1. The molecule has 0 radical (unpaired) electrons. The quantitative estimate of drug-likeness (QED) is 0.844. The zero-order valence-electron chi connectivity index (χ0n) is 14.5. The minimum atomic E-state index is -0.179. The van der Waals surface area contributed by atoms with Gasteiger partial charge in [0.1, 0.15) is 5.82 Å². The number of likely N-dealkylation sites (tertiary alicyclic amines) is 1. The van der Waals surface area contributed by atoms with E-state index < -0.39 is 0 Å². The van der Waals surface area contributed by atoms with E-state index in [4.69, 9.17) is 17.3 Å². The molecule has 0 aliphatic carbocycles. The number of nitrogens with zero attached hydrogens (tertiary/aromatic N) is 2. The highest BCUT2D eigenvalue weighted by molar-refractivity contribution is 6.33. The molecule has 26 heavy (non-hydrogen) atoms. The predicted molar refractivity (Wildman–Crippen MR) is 102 cm³/mol. The molecular weight excluding hydrogens is 352 g/mol. The van der Waals surface area contributed by atoms with Crippen LogP contribution in [0.4, 0.5) is 5.82 Å². The summed E-state index contributed by atoms with van der Waals surface area (Å²) in [5, 5.41) is 3.33. The van der Waals surface area contributed by atoms with Crippen molar-refractivity contribution in [1.82, 2.24) is 15.2 Å². The number of rotatable bonds is 5. The Hall–Kier alpha value is -2.60. The second-order valence-electron chi connectivity index (χ2n) is 6.38. The molecule has 3 N–H and O–H groups in total. The number of carbonyl (C=O) groups excluding carboxylic acids is 2. The van der Waals surface area contributed by atoms with E-state index in [9.17, 15) is 9.59 Å². The van der Waals surface area contributed by atoms with Gasteiger partial charge in [0, 0.05) is 36.8 Å². The number of nitrogen functional groups attached to an aromatic ring is 1. The fourth-order valence-electron chi connectivity index (χ4n) is 3.04. The van der Waals surface area contributed by atoms with Gasteiger partial charge in [-0.3, -0.25) is 9.59 Å². The van der Waals surface area contributed by atoms with Crippen molar-refractivity contribution >= 4 is 29.2 Å². The summed E-state index contributed by atoms with van der Waals surface area (Å²) in [5.74, 6) is 0.205. The number of nitrogens with two attached hydrogens (primary N) is 1. The summed E-state index contributed by atoms with van der Waals surface area (Å²) in [6.45, 7) is 3.34. The molecule has 7 heteroatoms. The minimum absolute atomic E-state index is 0.0974. The number of nitrogens with one attached hydrogen (secondary N) is 1. The standard InChI is InChI=1S/C19H21ClN4O2/c1-2-7-24-11-15(9-17(24)25)23-19(26)13-5-3-12(4-6-13)14-8-16(20)18(21)22-10-14/h3-6,8,10,15H,2,7,9,11H2,1H3,(H2,21,22)(H,23,26)/t15-/m0/s1. The maximum Gasteiger partial charge on any atom is 0.251 e. The van der Waals surface area contributed by atoms with Gasteiger partial charge in [-0.1, -0.05) is 30.7 Å². The van der Waals surface area contributed by atoms with Crippen LogP contribution in [0.2, 0.25) is 5.02 Å². The van der Waals surface area contributed by atoms with Crippen molar-refractivity contribution in [2.45, 2.75) is 25.8 Å². The van der Waals surface area contributed by atoms with E-state index in [0.717, 1.165) is 24.1 Å². The molecule has 2 heterocycles. The molecule has 1 saturated heterocycles. The van der Waals surface area contributed by atoms with E-state index >= 15 is 0 Å². The zero-order chi connectivity index (χ0) is 18.7. The van der Waals surface area contributed by atoms with Gasteiger partial charge in [-0.2, -0.15) is 0 Å². The van der Waals surface area contributed by atoms with Crippen molar-refractivity contribution in [1.29, 1.82) is 0 Å². The van der Waals surface area contributed by atoms with Gasteiger partial charge in [-0.15, -0.1) is 0 Å². The number of hydrogen-bond donors (Lipinski definition) is 2. The van der Waals surface area contributed by atoms with Crippen LogP contribution in [0.5, 0.6) is 0 Å². The summed E-state index contributed by atoms with van der Waals surface area (Å²) in [5.41, 5.74) is 7.89. The number of pyridine rings is 1. The third-order valence-electron chi connectivity index (χ3n) is 4.39. The number of halogens is 1. The second kappa shape index (κ2) is 7.74. The Balaban J connectivity index is 1.66. The first-order valence-corrected chi connectivity index (χ1v) is 8.95. The molecule has 1 aliphatic rings. The van der Waals surface area contributed by atoms with Gasteiger partial charge in [0.05, 0.1) is 11.1 Å². The molecule has 2 aromatic rings. The normalized spacial score (nSPS) is 16.8. The van der Waals surface area contributed by atoms with Gasteiger partial charge >= 0.3 is 0 Å². The fraction of sp³-hybridized carbons (Fsp3) is 0.316. The minimum Gasteiger partial charge on any atom is -0.382 e. The second-order valence-corrected chi connectivity index (χ2v) is 6.79. The highest BCUT2D eigenvalue weighted by Crippen LogP contribution is 2.25. The van der Waals surface area contributed by atoms with Gasteiger partial charge in [0.2, 0.25) is 5.91 Å². The van der Waals surface area contributed by atoms with Gasteiger partial charge in [0.15, 0.2) is 0 Å². The number of amides is 2. The molecule has 0 bridgehead atoms. The summed E-state index contributed by atoms with van der Waals surface area (Å²) in [6.07, 6.45) is 2.92. The first-order valence-electron chi connectivity index (χ1n) is 8.58. The molecule has 0 unspecified atom stereocenters. The average molecular weight is 373 g/mol. The van der Waals surface area contributed by atoms with Crippen LogP contribution in [0, 0.1) is 0 Å². The highest BCUT2D eigenvalue weighted by atomic mass is 35.5. The summed E-state index contributed by atoms with van der Waals surface area (Å²) >= 11 is 6.00. The van der Waals surface area contributed by atoms with E-state index in [1.807, 2.05) is 19.1 Å². The van der Waals surface area contributed by atoms with Gasteiger partial charge in [-0.25, -0.2) is 4.98 Å². The van der Waals surface area contributed by atoms with E-state index in [-0.39, 0.29) is 23.7 Å². The number of anilines is 1. The largest absolute Gasteiger partial charge is 0.382 e. The van der Waals surface area contributed by atoms with Crippen molar-refractivity contribution in [2.24, 2.45) is 0 Å². The van der Waals surface area contributed by atoms with E-state index in [1.165, 1.54) is 0 Å². The monoisotopic (exact) mass is 372 g/mol. The molecule has 6 nitrogen and oxygen atoms in total. The molecular formula is C19H21ClN4O2. The summed E-state index contributed by atoms with van der Waals surface area (Å²) in [6, 6.07) is 8.76. The SMILES string of the molecule is CCCN1C[C@@H](NC(=O)c2ccc(-c3cnc(N)c(Cl)c3)cc2)CC1=O. The number of benzene rings is 1. The lowest BCUT2D eigenvalue weighted by molar-refractivity contribution is -0.127. The maximum absolute atomic E-state index is 12.4. The Morgan fingerprint density at radius 3 is 2.73 bits per heavy atom. The molecule has 1 aromatic carbocycles. The summed E-state index contributed by atoms with van der Waals surface area (Å²) < 4.78 is 0. The smallest absolute Gasteiger partial charge is 0.251 e. The van der Waals surface area contributed by atoms with Crippen molar-refractivity contribution < 1.29 is 9.59 Å². The Labute approximate surface area is 157 Å². The van der Waals surface area contributed by atoms with Gasteiger partial charge in [-0.05, 0) is 30.2 Å². The Kier molecular flexibility index (Phi) is 5.42. The van der Waals surface area contributed by atoms with Crippen LogP contribution >= 0.6 is 11.6 Å². The third kappa shape index (κ3) is 3.96. The van der Waals surface area contributed by atoms with Crippen LogP contribution in [0.25, 0.3) is 11.1 Å². The molecule has 3 rings (SSSR count). The van der Waals surface area contributed by atoms with Crippen molar-refractivity contribution in [2.75, 3.05) is 18.8 Å². The molecule has 136 valence electrons. The molecule has 2 amide bonds. The molecule has 1 aliphatic heterocycles. The predicted octanol–water partition coefficient (Wildman–Crippen LogP) is 2.72. The Bertz CT molecular complexity index is 823. The van der Waals surface area contributed by atoms with Crippen LogP contribution in [0.15, 0.2) is 36.5 Å². The Morgan fingerprint density at radius 2 is 2.08 bits per heavy atom. The summed E-state index contributed by atoms with van der Waals surface area (Å²) in [7, 11) is 0. The van der Waals surface area contributed by atoms with Crippen molar-refractivity contribution in [3.05, 3.63) is 47.1 Å². The fourth-order valence-corrected chi connectivity index (χ4v) is 3.21. The first-order chi connectivity index (χ1) is 12.5. The lowest BCUT2D eigenvalue weighted by Crippen LogP contribution is -2.37. The molecule has 0 spiro atoms. The third-order valence-corrected chi connectivity index (χ3v) is 4.70. The number of aromatic nitrogens is 1. The lowest BCUT2D eigenvalue weighted by Gasteiger charge is -2.16. The van der Waals surface area contributed by atoms with Crippen LogP contribution in [0.3, 0.4) is 0 Å². The molecule has 1 aromatic heterocycles. The van der Waals surface area contributed by atoms with Crippen molar-refractivity contribution in [3.63, 3.8) is 0 Å². The van der Waals surface area contributed by atoms with Gasteiger partial charge < -0.3 is 16.0 Å². The number of carbonyl (C=O) groups is 2. The molecule has 1 atom stereocenters. The van der Waals surface area contributed by atoms with Crippen LogP contribution in [-0.4, -0.2) is 40.8 Å².